The Morgan fingerprint density at radius 2 is 1.00 bits per heavy atom. The Morgan fingerprint density at radius 1 is 0.706 bits per heavy atom. The summed E-state index contributed by atoms with van der Waals surface area (Å²) in [5.41, 5.74) is 0.342. The molecule has 0 aromatic carbocycles. The molecule has 0 N–H and O–H groups in total. The van der Waals surface area contributed by atoms with Crippen molar-refractivity contribution in [3.63, 3.8) is 0 Å². The van der Waals surface area contributed by atoms with E-state index in [9.17, 15) is 9.59 Å². The average Bonchev–Trinajstić information content (AvgIpc) is 2.09. The van der Waals surface area contributed by atoms with E-state index < -0.39 is 0 Å². The van der Waals surface area contributed by atoms with Gasteiger partial charge in [0, 0.05) is 12.8 Å². The fraction of sp³-hybridized carbons (Fsp3) is 0.867. The van der Waals surface area contributed by atoms with Gasteiger partial charge in [0.05, 0.1) is 6.42 Å². The monoisotopic (exact) mass is 240 g/mol. The molecule has 0 amide bonds. The Kier molecular flexibility index (Phi) is 6.08. The first-order chi connectivity index (χ1) is 7.49. The molecule has 2 heteroatoms. The number of carbonyl (C=O) groups excluding carboxylic acids is 2. The smallest absolute Gasteiger partial charge is 0.140 e. The van der Waals surface area contributed by atoms with Crippen LogP contribution in [-0.2, 0) is 9.59 Å². The highest BCUT2D eigenvalue weighted by Crippen LogP contribution is 2.23. The van der Waals surface area contributed by atoms with Gasteiger partial charge in [-0.1, -0.05) is 41.5 Å². The van der Waals surface area contributed by atoms with Crippen molar-refractivity contribution in [1.29, 1.82) is 0 Å². The molecule has 0 aliphatic rings. The second-order valence-corrected chi connectivity index (χ2v) is 7.38. The second-order valence-electron chi connectivity index (χ2n) is 7.38. The van der Waals surface area contributed by atoms with Crippen LogP contribution in [0.3, 0.4) is 0 Å². The highest BCUT2D eigenvalue weighted by atomic mass is 16.1. The van der Waals surface area contributed by atoms with Gasteiger partial charge in [0.25, 0.3) is 0 Å². The summed E-state index contributed by atoms with van der Waals surface area (Å²) >= 11 is 0. The molecule has 2 nitrogen and oxygen atoms in total. The van der Waals surface area contributed by atoms with Crippen molar-refractivity contribution in [2.24, 2.45) is 10.8 Å². The molecule has 0 spiro atoms. The highest BCUT2D eigenvalue weighted by Gasteiger charge is 2.17. The molecule has 0 fully saturated rings. The molecule has 17 heavy (non-hydrogen) atoms. The highest BCUT2D eigenvalue weighted by molar-refractivity contribution is 5.99. The van der Waals surface area contributed by atoms with Gasteiger partial charge in [-0.3, -0.25) is 9.59 Å². The topological polar surface area (TPSA) is 34.1 Å². The van der Waals surface area contributed by atoms with Gasteiger partial charge in [-0.2, -0.15) is 0 Å². The maximum atomic E-state index is 11.6. The van der Waals surface area contributed by atoms with E-state index in [2.05, 4.69) is 41.5 Å². The lowest BCUT2D eigenvalue weighted by Crippen LogP contribution is -2.14. The summed E-state index contributed by atoms with van der Waals surface area (Å²) in [4.78, 5) is 23.2. The zero-order chi connectivity index (χ0) is 13.7. The minimum Gasteiger partial charge on any atom is -0.299 e. The van der Waals surface area contributed by atoms with E-state index in [1.165, 1.54) is 0 Å². The molecule has 0 aromatic rings. The number of ketones is 2. The van der Waals surface area contributed by atoms with E-state index in [4.69, 9.17) is 0 Å². The molecule has 0 unspecified atom stereocenters. The summed E-state index contributed by atoms with van der Waals surface area (Å²) in [5.74, 6) is 0.192. The Balaban J connectivity index is 3.86. The van der Waals surface area contributed by atoms with Crippen molar-refractivity contribution >= 4 is 11.6 Å². The Labute approximate surface area is 106 Å². The van der Waals surface area contributed by atoms with Crippen molar-refractivity contribution in [1.82, 2.24) is 0 Å². The minimum atomic E-state index is 0.0961. The van der Waals surface area contributed by atoms with Crippen LogP contribution in [0.2, 0.25) is 0 Å². The maximum Gasteiger partial charge on any atom is 0.140 e. The zero-order valence-electron chi connectivity index (χ0n) is 12.4. The van der Waals surface area contributed by atoms with E-state index in [0.29, 0.717) is 12.8 Å². The van der Waals surface area contributed by atoms with Gasteiger partial charge in [-0.05, 0) is 23.7 Å². The Morgan fingerprint density at radius 3 is 1.24 bits per heavy atom. The molecule has 0 aliphatic carbocycles. The lowest BCUT2D eigenvalue weighted by Gasteiger charge is -2.18. The first-order valence-corrected chi connectivity index (χ1v) is 6.53. The lowest BCUT2D eigenvalue weighted by atomic mass is 9.87. The van der Waals surface area contributed by atoms with Crippen molar-refractivity contribution < 1.29 is 9.59 Å². The molecule has 0 aliphatic heterocycles. The van der Waals surface area contributed by atoms with E-state index in [0.717, 1.165) is 12.8 Å². The Bertz CT molecular complexity index is 236. The standard InChI is InChI=1S/C15H28O2/c1-14(2,3)9-7-12(16)11-13(17)8-10-15(4,5)6/h7-11H2,1-6H3. The maximum absolute atomic E-state index is 11.6. The van der Waals surface area contributed by atoms with Gasteiger partial charge >= 0.3 is 0 Å². The summed E-state index contributed by atoms with van der Waals surface area (Å²) < 4.78 is 0. The molecular weight excluding hydrogens is 212 g/mol. The quantitative estimate of drug-likeness (QED) is 0.653. The molecule has 0 atom stereocenters. The van der Waals surface area contributed by atoms with Crippen LogP contribution in [0.1, 0.15) is 73.6 Å². The van der Waals surface area contributed by atoms with Crippen LogP contribution in [0.5, 0.6) is 0 Å². The van der Waals surface area contributed by atoms with E-state index in [-0.39, 0.29) is 28.8 Å². The molecule has 0 bridgehead atoms. The molecule has 0 heterocycles. The third kappa shape index (κ3) is 11.6. The Hall–Kier alpha value is -0.660. The van der Waals surface area contributed by atoms with Crippen LogP contribution >= 0.6 is 0 Å². The predicted molar refractivity (Wildman–Crippen MR) is 72.0 cm³/mol. The van der Waals surface area contributed by atoms with Gasteiger partial charge in [0.2, 0.25) is 0 Å². The van der Waals surface area contributed by atoms with Crippen LogP contribution < -0.4 is 0 Å². The van der Waals surface area contributed by atoms with Crippen LogP contribution in [0.4, 0.5) is 0 Å². The normalized spacial score (nSPS) is 12.6. The third-order valence-corrected chi connectivity index (χ3v) is 2.70. The van der Waals surface area contributed by atoms with Crippen LogP contribution in [-0.4, -0.2) is 11.6 Å². The molecular formula is C15H28O2. The van der Waals surface area contributed by atoms with E-state index >= 15 is 0 Å². The average molecular weight is 240 g/mol. The summed E-state index contributed by atoms with van der Waals surface area (Å²) in [6.45, 7) is 12.7. The van der Waals surface area contributed by atoms with Gasteiger partial charge in [0.15, 0.2) is 0 Å². The summed E-state index contributed by atoms with van der Waals surface area (Å²) in [5, 5.41) is 0. The van der Waals surface area contributed by atoms with E-state index in [1.807, 2.05) is 0 Å². The van der Waals surface area contributed by atoms with Crippen LogP contribution in [0.25, 0.3) is 0 Å². The molecule has 0 radical (unpaired) electrons. The molecule has 0 aromatic heterocycles. The van der Waals surface area contributed by atoms with Gasteiger partial charge < -0.3 is 0 Å². The summed E-state index contributed by atoms with van der Waals surface area (Å²) in [7, 11) is 0. The largest absolute Gasteiger partial charge is 0.299 e. The van der Waals surface area contributed by atoms with Gasteiger partial charge in [-0.15, -0.1) is 0 Å². The van der Waals surface area contributed by atoms with Crippen LogP contribution in [0.15, 0.2) is 0 Å². The number of hydrogen-bond donors (Lipinski definition) is 0. The molecule has 100 valence electrons. The van der Waals surface area contributed by atoms with Crippen molar-refractivity contribution in [2.75, 3.05) is 0 Å². The zero-order valence-corrected chi connectivity index (χ0v) is 12.4. The fourth-order valence-electron chi connectivity index (χ4n) is 1.43. The van der Waals surface area contributed by atoms with Gasteiger partial charge in [-0.25, -0.2) is 0 Å². The first kappa shape index (κ1) is 16.3. The van der Waals surface area contributed by atoms with E-state index in [1.54, 1.807) is 0 Å². The van der Waals surface area contributed by atoms with Crippen molar-refractivity contribution in [3.8, 4) is 0 Å². The fourth-order valence-corrected chi connectivity index (χ4v) is 1.43. The molecule has 0 rings (SSSR count). The number of rotatable bonds is 6. The SMILES string of the molecule is CC(C)(C)CCC(=O)CC(=O)CCC(C)(C)C. The first-order valence-electron chi connectivity index (χ1n) is 6.53. The summed E-state index contributed by atoms with van der Waals surface area (Å²) in [6, 6.07) is 0. The second kappa shape index (κ2) is 6.32. The van der Waals surface area contributed by atoms with Gasteiger partial charge in [0.1, 0.15) is 11.6 Å². The summed E-state index contributed by atoms with van der Waals surface area (Å²) in [6.07, 6.45) is 2.92. The van der Waals surface area contributed by atoms with Crippen molar-refractivity contribution in [3.05, 3.63) is 0 Å². The number of Topliss-reactive ketones (excluding diaryl/α,β-unsaturated/α-hetero) is 2. The number of carbonyl (C=O) groups is 2. The molecule has 0 saturated carbocycles. The third-order valence-electron chi connectivity index (χ3n) is 2.70. The minimum absolute atomic E-state index is 0.0961. The lowest BCUT2D eigenvalue weighted by molar-refractivity contribution is -0.127. The predicted octanol–water partition coefficient (Wildman–Crippen LogP) is 4.17. The van der Waals surface area contributed by atoms with Crippen LogP contribution in [0, 0.1) is 10.8 Å². The van der Waals surface area contributed by atoms with Crippen molar-refractivity contribution in [2.45, 2.75) is 73.6 Å². The molecule has 0 saturated heterocycles. The number of hydrogen-bond acceptors (Lipinski definition) is 2.